The maximum atomic E-state index is 11.9. The van der Waals surface area contributed by atoms with Gasteiger partial charge in [-0.15, -0.1) is 0 Å². The van der Waals surface area contributed by atoms with Crippen LogP contribution in [-0.2, 0) is 6.54 Å². The molecule has 0 fully saturated rings. The molecule has 0 radical (unpaired) electrons. The average Bonchev–Trinajstić information content (AvgIpc) is 2.87. The molecule has 0 aliphatic rings. The monoisotopic (exact) mass is 294 g/mol. The first-order chi connectivity index (χ1) is 9.10. The molecule has 0 N–H and O–H groups in total. The highest BCUT2D eigenvalue weighted by atomic mass is 35.5. The molecule has 0 saturated heterocycles. The second-order valence-corrected chi connectivity index (χ2v) is 4.74. The van der Waals surface area contributed by atoms with Gasteiger partial charge in [0.2, 0.25) is 0 Å². The highest BCUT2D eigenvalue weighted by molar-refractivity contribution is 6.42. The predicted molar refractivity (Wildman–Crippen MR) is 77.7 cm³/mol. The van der Waals surface area contributed by atoms with Gasteiger partial charge in [-0.2, -0.15) is 5.10 Å². The van der Waals surface area contributed by atoms with E-state index in [1.54, 1.807) is 29.0 Å². The summed E-state index contributed by atoms with van der Waals surface area (Å²) in [5.74, 6) is -0.135. The van der Waals surface area contributed by atoms with Crippen LogP contribution < -0.4 is 0 Å². The van der Waals surface area contributed by atoms with Crippen LogP contribution in [0.25, 0.3) is 6.08 Å². The Morgan fingerprint density at radius 1 is 1.32 bits per heavy atom. The number of hydrogen-bond donors (Lipinski definition) is 0. The lowest BCUT2D eigenvalue weighted by Crippen LogP contribution is -1.95. The van der Waals surface area contributed by atoms with Crippen LogP contribution in [0.5, 0.6) is 0 Å². The highest BCUT2D eigenvalue weighted by Crippen LogP contribution is 2.23. The van der Waals surface area contributed by atoms with E-state index in [-0.39, 0.29) is 5.78 Å². The summed E-state index contributed by atoms with van der Waals surface area (Å²) in [6.07, 6.45) is 5.02. The molecule has 0 amide bonds. The Hall–Kier alpha value is -1.58. The smallest absolute Gasteiger partial charge is 0.185 e. The summed E-state index contributed by atoms with van der Waals surface area (Å²) in [4.78, 5) is 11.9. The van der Waals surface area contributed by atoms with Crippen molar-refractivity contribution in [2.75, 3.05) is 0 Å². The van der Waals surface area contributed by atoms with Crippen LogP contribution in [0.1, 0.15) is 23.0 Å². The molecule has 2 rings (SSSR count). The van der Waals surface area contributed by atoms with Crippen LogP contribution in [0.15, 0.2) is 36.5 Å². The van der Waals surface area contributed by atoms with E-state index in [1.807, 2.05) is 19.2 Å². The van der Waals surface area contributed by atoms with Crippen molar-refractivity contribution in [2.45, 2.75) is 13.5 Å². The molecule has 0 bridgehead atoms. The Morgan fingerprint density at radius 3 is 2.74 bits per heavy atom. The molecular formula is C14H12Cl2N2O. The zero-order chi connectivity index (χ0) is 13.8. The van der Waals surface area contributed by atoms with Gasteiger partial charge in [0.15, 0.2) is 5.78 Å². The Balaban J connectivity index is 2.13. The second kappa shape index (κ2) is 6.04. The van der Waals surface area contributed by atoms with E-state index in [9.17, 15) is 4.79 Å². The fourth-order valence-corrected chi connectivity index (χ4v) is 1.85. The lowest BCUT2D eigenvalue weighted by molar-refractivity contribution is 0.104. The third kappa shape index (κ3) is 3.46. The van der Waals surface area contributed by atoms with Gasteiger partial charge < -0.3 is 0 Å². The van der Waals surface area contributed by atoms with E-state index < -0.39 is 0 Å². The van der Waals surface area contributed by atoms with E-state index in [4.69, 9.17) is 23.2 Å². The number of hydrogen-bond acceptors (Lipinski definition) is 2. The molecule has 0 spiro atoms. The van der Waals surface area contributed by atoms with Gasteiger partial charge >= 0.3 is 0 Å². The van der Waals surface area contributed by atoms with Gasteiger partial charge in [-0.3, -0.25) is 9.48 Å². The molecular weight excluding hydrogens is 283 g/mol. The van der Waals surface area contributed by atoms with Crippen molar-refractivity contribution >= 4 is 35.1 Å². The molecule has 98 valence electrons. The Bertz CT molecular complexity index is 632. The van der Waals surface area contributed by atoms with Gasteiger partial charge in [-0.25, -0.2) is 0 Å². The number of allylic oxidation sites excluding steroid dienone is 1. The maximum absolute atomic E-state index is 11.9. The van der Waals surface area contributed by atoms with Gasteiger partial charge in [0.05, 0.1) is 15.7 Å². The first kappa shape index (κ1) is 13.8. The minimum absolute atomic E-state index is 0.135. The van der Waals surface area contributed by atoms with E-state index in [0.717, 1.165) is 12.2 Å². The van der Waals surface area contributed by atoms with Gasteiger partial charge in [0.25, 0.3) is 0 Å². The second-order valence-electron chi connectivity index (χ2n) is 3.92. The number of halogens is 2. The molecule has 0 unspecified atom stereocenters. The zero-order valence-corrected chi connectivity index (χ0v) is 11.8. The summed E-state index contributed by atoms with van der Waals surface area (Å²) >= 11 is 11.7. The first-order valence-electron chi connectivity index (χ1n) is 5.81. The van der Waals surface area contributed by atoms with Gasteiger partial charge in [0.1, 0.15) is 0 Å². The number of benzene rings is 1. The van der Waals surface area contributed by atoms with Crippen molar-refractivity contribution < 1.29 is 4.79 Å². The zero-order valence-electron chi connectivity index (χ0n) is 10.3. The number of carbonyl (C=O) groups excluding carboxylic acids is 1. The molecule has 19 heavy (non-hydrogen) atoms. The van der Waals surface area contributed by atoms with Crippen LogP contribution in [0.4, 0.5) is 0 Å². The molecule has 0 aliphatic carbocycles. The average molecular weight is 295 g/mol. The van der Waals surface area contributed by atoms with Crippen molar-refractivity contribution in [2.24, 2.45) is 0 Å². The van der Waals surface area contributed by atoms with Crippen LogP contribution in [0.3, 0.4) is 0 Å². The summed E-state index contributed by atoms with van der Waals surface area (Å²) in [6.45, 7) is 2.80. The lowest BCUT2D eigenvalue weighted by atomic mass is 10.1. The third-order valence-corrected chi connectivity index (χ3v) is 3.33. The summed E-state index contributed by atoms with van der Waals surface area (Å²) < 4.78 is 1.79. The molecule has 0 aliphatic heterocycles. The topological polar surface area (TPSA) is 34.9 Å². The fraction of sp³-hybridized carbons (Fsp3) is 0.143. The highest BCUT2D eigenvalue weighted by Gasteiger charge is 2.05. The predicted octanol–water partition coefficient (Wildman–Crippen LogP) is 4.11. The minimum atomic E-state index is -0.135. The first-order valence-corrected chi connectivity index (χ1v) is 6.56. The summed E-state index contributed by atoms with van der Waals surface area (Å²) in [7, 11) is 0. The molecule has 1 aromatic heterocycles. The quantitative estimate of drug-likeness (QED) is 0.628. The molecule has 3 nitrogen and oxygen atoms in total. The Morgan fingerprint density at radius 2 is 2.11 bits per heavy atom. The summed E-state index contributed by atoms with van der Waals surface area (Å²) in [5, 5.41) is 5.06. The molecule has 0 atom stereocenters. The number of rotatable bonds is 4. The number of carbonyl (C=O) groups is 1. The van der Waals surface area contributed by atoms with Crippen molar-refractivity contribution in [3.63, 3.8) is 0 Å². The van der Waals surface area contributed by atoms with Crippen LogP contribution in [0.2, 0.25) is 10.0 Å². The van der Waals surface area contributed by atoms with Gasteiger partial charge in [-0.1, -0.05) is 23.2 Å². The van der Waals surface area contributed by atoms with Crippen LogP contribution in [0, 0.1) is 0 Å². The maximum Gasteiger partial charge on any atom is 0.185 e. The Labute approximate surface area is 121 Å². The minimum Gasteiger partial charge on any atom is -0.289 e. The summed E-state index contributed by atoms with van der Waals surface area (Å²) in [5.41, 5.74) is 1.25. The van der Waals surface area contributed by atoms with Crippen molar-refractivity contribution in [3.8, 4) is 0 Å². The largest absolute Gasteiger partial charge is 0.289 e. The van der Waals surface area contributed by atoms with Crippen molar-refractivity contribution in [1.82, 2.24) is 9.78 Å². The van der Waals surface area contributed by atoms with E-state index >= 15 is 0 Å². The van der Waals surface area contributed by atoms with Gasteiger partial charge in [0, 0.05) is 18.3 Å². The van der Waals surface area contributed by atoms with E-state index in [2.05, 4.69) is 5.10 Å². The Kier molecular flexibility index (Phi) is 4.40. The molecule has 2 aromatic rings. The molecule has 0 saturated carbocycles. The van der Waals surface area contributed by atoms with Crippen LogP contribution in [-0.4, -0.2) is 15.6 Å². The number of aryl methyl sites for hydroxylation is 1. The lowest BCUT2D eigenvalue weighted by Gasteiger charge is -1.98. The van der Waals surface area contributed by atoms with Crippen molar-refractivity contribution in [1.29, 1.82) is 0 Å². The number of ketones is 1. The number of nitrogens with zero attached hydrogens (tertiary/aromatic N) is 2. The van der Waals surface area contributed by atoms with E-state index in [0.29, 0.717) is 15.6 Å². The van der Waals surface area contributed by atoms with Crippen LogP contribution >= 0.6 is 23.2 Å². The molecule has 1 aromatic carbocycles. The molecule has 1 heterocycles. The van der Waals surface area contributed by atoms with Crippen molar-refractivity contribution in [3.05, 3.63) is 57.8 Å². The normalized spacial score (nSPS) is 11.1. The van der Waals surface area contributed by atoms with Gasteiger partial charge in [-0.05, 0) is 43.3 Å². The van der Waals surface area contributed by atoms with E-state index in [1.165, 1.54) is 6.08 Å². The molecule has 5 heteroatoms. The SMILES string of the molecule is CCn1ccc(C=CC(=O)c2ccc(Cl)c(Cl)c2)n1. The summed E-state index contributed by atoms with van der Waals surface area (Å²) in [6, 6.07) is 6.66. The standard InChI is InChI=1S/C14H12Cl2N2O/c1-2-18-8-7-11(17-18)4-6-14(19)10-3-5-12(15)13(16)9-10/h3-9H,2H2,1H3. The number of aromatic nitrogens is 2. The third-order valence-electron chi connectivity index (χ3n) is 2.59. The fourth-order valence-electron chi connectivity index (χ4n) is 1.55.